The molecule has 172 valence electrons. The fourth-order valence-corrected chi connectivity index (χ4v) is 4.47. The van der Waals surface area contributed by atoms with Gasteiger partial charge in [-0.2, -0.15) is 0 Å². The quantitative estimate of drug-likeness (QED) is 0.581. The molecule has 1 N–H and O–H groups in total. The summed E-state index contributed by atoms with van der Waals surface area (Å²) in [5, 5.41) is 3.12. The molecule has 33 heavy (non-hydrogen) atoms. The molecule has 0 spiro atoms. The Kier molecular flexibility index (Phi) is 6.63. The molecule has 6 nitrogen and oxygen atoms in total. The molecular formula is C27H31N3O3. The summed E-state index contributed by atoms with van der Waals surface area (Å²) in [5.41, 5.74) is 3.22. The molecule has 1 saturated heterocycles. The van der Waals surface area contributed by atoms with E-state index in [2.05, 4.69) is 54.5 Å². The van der Waals surface area contributed by atoms with Crippen LogP contribution in [0.3, 0.4) is 0 Å². The van der Waals surface area contributed by atoms with E-state index >= 15 is 0 Å². The minimum Gasteiger partial charge on any atom is -0.438 e. The molecule has 2 amide bonds. The lowest BCUT2D eigenvalue weighted by atomic mass is 9.79. The van der Waals surface area contributed by atoms with Gasteiger partial charge >= 0.3 is 0 Å². The third kappa shape index (κ3) is 5.00. The van der Waals surface area contributed by atoms with Crippen molar-refractivity contribution >= 4 is 11.8 Å². The Bertz CT molecular complexity index is 1120. The molecule has 3 aromatic rings. The van der Waals surface area contributed by atoms with Crippen LogP contribution < -0.4 is 5.32 Å². The molecule has 1 aromatic heterocycles. The van der Waals surface area contributed by atoms with Gasteiger partial charge in [0.2, 0.25) is 11.7 Å². The summed E-state index contributed by atoms with van der Waals surface area (Å²) in [7, 11) is 0. The van der Waals surface area contributed by atoms with Crippen LogP contribution in [0.15, 0.2) is 65.4 Å². The normalized spacial score (nSPS) is 18.0. The van der Waals surface area contributed by atoms with Gasteiger partial charge in [-0.15, -0.1) is 0 Å². The molecule has 1 aliphatic heterocycles. The molecule has 0 saturated carbocycles. The van der Waals surface area contributed by atoms with Crippen molar-refractivity contribution in [3.8, 4) is 11.1 Å². The van der Waals surface area contributed by atoms with Crippen molar-refractivity contribution in [3.63, 3.8) is 0 Å². The van der Waals surface area contributed by atoms with Crippen LogP contribution in [-0.2, 0) is 11.2 Å². The van der Waals surface area contributed by atoms with Gasteiger partial charge in [0.05, 0.1) is 11.1 Å². The van der Waals surface area contributed by atoms with E-state index in [0.717, 1.165) is 16.7 Å². The van der Waals surface area contributed by atoms with Gasteiger partial charge in [-0.3, -0.25) is 9.59 Å². The van der Waals surface area contributed by atoms with Gasteiger partial charge in [0.15, 0.2) is 6.39 Å². The first kappa shape index (κ1) is 22.8. The molecule has 4 rings (SSSR count). The van der Waals surface area contributed by atoms with Gasteiger partial charge in [0.1, 0.15) is 0 Å². The summed E-state index contributed by atoms with van der Waals surface area (Å²) in [6.45, 7) is 7.38. The van der Waals surface area contributed by atoms with E-state index in [4.69, 9.17) is 4.42 Å². The molecule has 1 unspecified atom stereocenters. The Labute approximate surface area is 195 Å². The standard InChI is InChI=1S/C27H31N3O3/c1-19(2)16-28-26(32)27(12-13-30(17-27)25(31)24-20(3)29-18-33-24)15-21-8-7-11-23(14-21)22-9-5-4-6-10-22/h4-11,14,18-19H,12-13,15-17H2,1-3H3,(H,28,32). The van der Waals surface area contributed by atoms with Crippen molar-refractivity contribution in [2.45, 2.75) is 33.6 Å². The zero-order valence-electron chi connectivity index (χ0n) is 19.5. The number of nitrogens with one attached hydrogen (secondary N) is 1. The van der Waals surface area contributed by atoms with Crippen molar-refractivity contribution in [2.75, 3.05) is 19.6 Å². The van der Waals surface area contributed by atoms with Crippen LogP contribution in [0.25, 0.3) is 11.1 Å². The first-order chi connectivity index (χ1) is 15.9. The summed E-state index contributed by atoms with van der Waals surface area (Å²) in [6.07, 6.45) is 2.46. The van der Waals surface area contributed by atoms with E-state index in [9.17, 15) is 9.59 Å². The maximum atomic E-state index is 13.5. The maximum absolute atomic E-state index is 13.5. The van der Waals surface area contributed by atoms with Crippen LogP contribution >= 0.6 is 0 Å². The number of benzene rings is 2. The predicted molar refractivity (Wildman–Crippen MR) is 128 cm³/mol. The highest BCUT2D eigenvalue weighted by Crippen LogP contribution is 2.36. The Morgan fingerprint density at radius 1 is 1.12 bits per heavy atom. The van der Waals surface area contributed by atoms with E-state index < -0.39 is 5.41 Å². The molecular weight excluding hydrogens is 414 g/mol. The monoisotopic (exact) mass is 445 g/mol. The number of nitrogens with zero attached hydrogens (tertiary/aromatic N) is 2. The van der Waals surface area contributed by atoms with Crippen LogP contribution in [0.1, 0.15) is 42.1 Å². The first-order valence-electron chi connectivity index (χ1n) is 11.5. The van der Waals surface area contributed by atoms with Gasteiger partial charge < -0.3 is 14.6 Å². The highest BCUT2D eigenvalue weighted by molar-refractivity contribution is 5.94. The topological polar surface area (TPSA) is 75.4 Å². The minimum atomic E-state index is -0.687. The smallest absolute Gasteiger partial charge is 0.291 e. The Hall–Kier alpha value is -3.41. The molecule has 1 aliphatic rings. The Morgan fingerprint density at radius 3 is 2.58 bits per heavy atom. The van der Waals surface area contributed by atoms with Crippen LogP contribution in [-0.4, -0.2) is 41.3 Å². The molecule has 0 radical (unpaired) electrons. The Balaban J connectivity index is 1.60. The summed E-state index contributed by atoms with van der Waals surface area (Å²) in [5.74, 6) is 0.398. The summed E-state index contributed by atoms with van der Waals surface area (Å²) in [6, 6.07) is 18.5. The second-order valence-electron chi connectivity index (χ2n) is 9.37. The fourth-order valence-electron chi connectivity index (χ4n) is 4.47. The minimum absolute atomic E-state index is 0.00547. The summed E-state index contributed by atoms with van der Waals surface area (Å²) in [4.78, 5) is 32.3. The summed E-state index contributed by atoms with van der Waals surface area (Å²) < 4.78 is 5.33. The van der Waals surface area contributed by atoms with Crippen LogP contribution in [0.5, 0.6) is 0 Å². The molecule has 1 atom stereocenters. The number of amides is 2. The van der Waals surface area contributed by atoms with E-state index in [-0.39, 0.29) is 17.6 Å². The number of carbonyl (C=O) groups is 2. The lowest BCUT2D eigenvalue weighted by Crippen LogP contribution is -2.46. The van der Waals surface area contributed by atoms with Crippen LogP contribution in [0.2, 0.25) is 0 Å². The fraction of sp³-hybridized carbons (Fsp3) is 0.370. The number of aromatic nitrogens is 1. The number of carbonyl (C=O) groups excluding carboxylic acids is 2. The van der Waals surface area contributed by atoms with E-state index in [0.29, 0.717) is 44.1 Å². The van der Waals surface area contributed by atoms with Gasteiger partial charge in [-0.05, 0) is 42.4 Å². The molecule has 2 heterocycles. The van der Waals surface area contributed by atoms with Gasteiger partial charge in [-0.25, -0.2) is 4.98 Å². The highest BCUT2D eigenvalue weighted by Gasteiger charge is 2.46. The molecule has 2 aromatic carbocycles. The highest BCUT2D eigenvalue weighted by atomic mass is 16.3. The lowest BCUT2D eigenvalue weighted by molar-refractivity contribution is -0.130. The number of oxazole rings is 1. The zero-order chi connectivity index (χ0) is 23.4. The van der Waals surface area contributed by atoms with Gasteiger partial charge in [0.25, 0.3) is 5.91 Å². The average Bonchev–Trinajstić information content (AvgIpc) is 3.45. The van der Waals surface area contributed by atoms with Crippen LogP contribution in [0, 0.1) is 18.3 Å². The van der Waals surface area contributed by atoms with Gasteiger partial charge in [0, 0.05) is 19.6 Å². The predicted octanol–water partition coefficient (Wildman–Crippen LogP) is 4.50. The summed E-state index contributed by atoms with van der Waals surface area (Å²) >= 11 is 0. The number of likely N-dealkylation sites (tertiary alicyclic amines) is 1. The van der Waals surface area contributed by atoms with Gasteiger partial charge in [-0.1, -0.05) is 68.4 Å². The van der Waals surface area contributed by atoms with Crippen LogP contribution in [0.4, 0.5) is 0 Å². The van der Waals surface area contributed by atoms with Crippen molar-refractivity contribution in [2.24, 2.45) is 11.3 Å². The third-order valence-electron chi connectivity index (χ3n) is 6.31. The second kappa shape index (κ2) is 9.61. The number of aryl methyl sites for hydroxylation is 1. The lowest BCUT2D eigenvalue weighted by Gasteiger charge is -2.29. The zero-order valence-corrected chi connectivity index (χ0v) is 19.5. The van der Waals surface area contributed by atoms with E-state index in [1.165, 1.54) is 6.39 Å². The number of rotatable bonds is 7. The molecule has 0 bridgehead atoms. The molecule has 6 heteroatoms. The number of hydrogen-bond donors (Lipinski definition) is 1. The van der Waals surface area contributed by atoms with Crippen molar-refractivity contribution in [1.82, 2.24) is 15.2 Å². The van der Waals surface area contributed by atoms with E-state index in [1.54, 1.807) is 11.8 Å². The first-order valence-corrected chi connectivity index (χ1v) is 11.5. The second-order valence-corrected chi connectivity index (χ2v) is 9.37. The average molecular weight is 446 g/mol. The SMILES string of the molecule is Cc1ncoc1C(=O)N1CCC(Cc2cccc(-c3ccccc3)c2)(C(=O)NCC(C)C)C1. The van der Waals surface area contributed by atoms with Crippen molar-refractivity contribution in [1.29, 1.82) is 0 Å². The molecule has 0 aliphatic carbocycles. The maximum Gasteiger partial charge on any atom is 0.291 e. The number of hydrogen-bond acceptors (Lipinski definition) is 4. The van der Waals surface area contributed by atoms with E-state index in [1.807, 2.05) is 24.3 Å². The largest absolute Gasteiger partial charge is 0.438 e. The molecule has 1 fully saturated rings. The third-order valence-corrected chi connectivity index (χ3v) is 6.31. The van der Waals surface area contributed by atoms with Crippen molar-refractivity contribution < 1.29 is 14.0 Å². The Morgan fingerprint density at radius 2 is 1.88 bits per heavy atom. The van der Waals surface area contributed by atoms with Crippen molar-refractivity contribution in [3.05, 3.63) is 78.0 Å².